The molecule has 12 heavy (non-hydrogen) atoms. The lowest BCUT2D eigenvalue weighted by Crippen LogP contribution is -2.33. The summed E-state index contributed by atoms with van der Waals surface area (Å²) in [7, 11) is 0. The molecule has 0 aromatic heterocycles. The Bertz CT molecular complexity index is 218. The summed E-state index contributed by atoms with van der Waals surface area (Å²) >= 11 is 0. The SMILES string of the molecule is CC(C)(C)CC1NC(=O)NC1=O. The van der Waals surface area contributed by atoms with Crippen LogP contribution in [0, 0.1) is 5.41 Å². The van der Waals surface area contributed by atoms with Crippen LogP contribution in [0.25, 0.3) is 0 Å². The van der Waals surface area contributed by atoms with Gasteiger partial charge in [0.2, 0.25) is 0 Å². The van der Waals surface area contributed by atoms with Crippen molar-refractivity contribution in [3.8, 4) is 0 Å². The van der Waals surface area contributed by atoms with Gasteiger partial charge in [-0.3, -0.25) is 10.1 Å². The highest BCUT2D eigenvalue weighted by Crippen LogP contribution is 2.21. The highest BCUT2D eigenvalue weighted by atomic mass is 16.2. The maximum atomic E-state index is 11.1. The van der Waals surface area contributed by atoms with Crippen molar-refractivity contribution >= 4 is 11.9 Å². The van der Waals surface area contributed by atoms with Gasteiger partial charge in [0.25, 0.3) is 5.91 Å². The molecular weight excluding hydrogens is 156 g/mol. The molecule has 0 saturated carbocycles. The van der Waals surface area contributed by atoms with Crippen LogP contribution < -0.4 is 10.6 Å². The van der Waals surface area contributed by atoms with Crippen LogP contribution in [0.1, 0.15) is 27.2 Å². The van der Waals surface area contributed by atoms with Gasteiger partial charge in [-0.15, -0.1) is 0 Å². The minimum absolute atomic E-state index is 0.0552. The number of carbonyl (C=O) groups excluding carboxylic acids is 2. The van der Waals surface area contributed by atoms with E-state index in [-0.39, 0.29) is 23.4 Å². The standard InChI is InChI=1S/C8H14N2O2/c1-8(2,3)4-5-6(11)10-7(12)9-5/h5H,4H2,1-3H3,(H2,9,10,11,12). The van der Waals surface area contributed by atoms with Crippen LogP contribution in [0.4, 0.5) is 4.79 Å². The zero-order valence-electron chi connectivity index (χ0n) is 7.60. The van der Waals surface area contributed by atoms with Gasteiger partial charge in [0.1, 0.15) is 6.04 Å². The zero-order valence-corrected chi connectivity index (χ0v) is 7.60. The van der Waals surface area contributed by atoms with Crippen molar-refractivity contribution in [3.63, 3.8) is 0 Å². The van der Waals surface area contributed by atoms with Crippen LogP contribution in [-0.4, -0.2) is 18.0 Å². The van der Waals surface area contributed by atoms with E-state index in [1.165, 1.54) is 0 Å². The molecular formula is C8H14N2O2. The van der Waals surface area contributed by atoms with Crippen LogP contribution in [0.2, 0.25) is 0 Å². The first-order valence-corrected chi connectivity index (χ1v) is 4.00. The van der Waals surface area contributed by atoms with Gasteiger partial charge in [0, 0.05) is 0 Å². The summed E-state index contributed by atoms with van der Waals surface area (Å²) < 4.78 is 0. The average molecular weight is 170 g/mol. The number of nitrogens with one attached hydrogen (secondary N) is 2. The predicted molar refractivity (Wildman–Crippen MR) is 44.5 cm³/mol. The molecule has 2 N–H and O–H groups in total. The molecule has 1 heterocycles. The molecule has 1 aliphatic heterocycles. The average Bonchev–Trinajstić information content (AvgIpc) is 2.06. The number of hydrogen-bond donors (Lipinski definition) is 2. The van der Waals surface area contributed by atoms with E-state index >= 15 is 0 Å². The minimum Gasteiger partial charge on any atom is -0.326 e. The summed E-state index contributed by atoms with van der Waals surface area (Å²) in [5.41, 5.74) is 0.0552. The number of carbonyl (C=O) groups is 2. The van der Waals surface area contributed by atoms with Gasteiger partial charge in [0.15, 0.2) is 0 Å². The lowest BCUT2D eigenvalue weighted by atomic mass is 9.88. The van der Waals surface area contributed by atoms with Gasteiger partial charge in [0.05, 0.1) is 0 Å². The number of imide groups is 1. The van der Waals surface area contributed by atoms with E-state index in [0.717, 1.165) is 0 Å². The Morgan fingerprint density at radius 1 is 1.33 bits per heavy atom. The quantitative estimate of drug-likeness (QED) is 0.567. The fraction of sp³-hybridized carbons (Fsp3) is 0.750. The highest BCUT2D eigenvalue weighted by molar-refractivity contribution is 6.04. The lowest BCUT2D eigenvalue weighted by molar-refractivity contribution is -0.120. The first-order valence-electron chi connectivity index (χ1n) is 4.00. The van der Waals surface area contributed by atoms with Crippen molar-refractivity contribution in [2.45, 2.75) is 33.2 Å². The van der Waals surface area contributed by atoms with Gasteiger partial charge >= 0.3 is 6.03 Å². The van der Waals surface area contributed by atoms with Gasteiger partial charge in [-0.05, 0) is 11.8 Å². The van der Waals surface area contributed by atoms with Crippen molar-refractivity contribution in [2.75, 3.05) is 0 Å². The van der Waals surface area contributed by atoms with E-state index in [1.807, 2.05) is 20.8 Å². The molecule has 0 aromatic carbocycles. The number of rotatable bonds is 1. The smallest absolute Gasteiger partial charge is 0.322 e. The van der Waals surface area contributed by atoms with Gasteiger partial charge in [-0.1, -0.05) is 20.8 Å². The normalized spacial score (nSPS) is 23.8. The molecule has 0 aromatic rings. The Balaban J connectivity index is 2.54. The molecule has 68 valence electrons. The summed E-state index contributed by atoms with van der Waals surface area (Å²) in [5.74, 6) is -0.213. The highest BCUT2D eigenvalue weighted by Gasteiger charge is 2.32. The third kappa shape index (κ3) is 2.22. The number of amides is 3. The van der Waals surface area contributed by atoms with Gasteiger partial charge < -0.3 is 5.32 Å². The molecule has 1 unspecified atom stereocenters. The van der Waals surface area contributed by atoms with Crippen molar-refractivity contribution < 1.29 is 9.59 Å². The molecule has 1 fully saturated rings. The first-order chi connectivity index (χ1) is 5.38. The largest absolute Gasteiger partial charge is 0.326 e. The van der Waals surface area contributed by atoms with Crippen molar-refractivity contribution in [2.24, 2.45) is 5.41 Å². The predicted octanol–water partition coefficient (Wildman–Crippen LogP) is 0.631. The fourth-order valence-electron chi connectivity index (χ4n) is 1.21. The van der Waals surface area contributed by atoms with E-state index < -0.39 is 0 Å². The molecule has 0 aliphatic carbocycles. The molecule has 1 rings (SSSR count). The molecule has 4 nitrogen and oxygen atoms in total. The fourth-order valence-corrected chi connectivity index (χ4v) is 1.21. The first kappa shape index (κ1) is 9.03. The second-order valence-electron chi connectivity index (χ2n) is 4.28. The monoisotopic (exact) mass is 170 g/mol. The Hall–Kier alpha value is -1.06. The van der Waals surface area contributed by atoms with Crippen LogP contribution >= 0.6 is 0 Å². The molecule has 4 heteroatoms. The molecule has 0 spiro atoms. The molecule has 1 saturated heterocycles. The molecule has 1 atom stereocenters. The van der Waals surface area contributed by atoms with E-state index in [2.05, 4.69) is 10.6 Å². The van der Waals surface area contributed by atoms with Crippen LogP contribution in [-0.2, 0) is 4.79 Å². The molecule has 0 radical (unpaired) electrons. The van der Waals surface area contributed by atoms with E-state index in [4.69, 9.17) is 0 Å². The third-order valence-corrected chi connectivity index (χ3v) is 1.68. The Morgan fingerprint density at radius 2 is 1.92 bits per heavy atom. The van der Waals surface area contributed by atoms with Crippen LogP contribution in [0.3, 0.4) is 0 Å². The summed E-state index contributed by atoms with van der Waals surface area (Å²) in [6.45, 7) is 6.10. The maximum absolute atomic E-state index is 11.1. The number of hydrogen-bond acceptors (Lipinski definition) is 2. The summed E-state index contributed by atoms with van der Waals surface area (Å²) in [4.78, 5) is 21.8. The number of urea groups is 1. The topological polar surface area (TPSA) is 58.2 Å². The summed E-state index contributed by atoms with van der Waals surface area (Å²) in [5, 5.41) is 4.76. The summed E-state index contributed by atoms with van der Waals surface area (Å²) in [6.07, 6.45) is 0.671. The molecule has 3 amide bonds. The second kappa shape index (κ2) is 2.77. The van der Waals surface area contributed by atoms with Gasteiger partial charge in [-0.25, -0.2) is 4.79 Å². The van der Waals surface area contributed by atoms with Crippen molar-refractivity contribution in [1.82, 2.24) is 10.6 Å². The van der Waals surface area contributed by atoms with Crippen LogP contribution in [0.15, 0.2) is 0 Å². The second-order valence-corrected chi connectivity index (χ2v) is 4.28. The Kier molecular flexibility index (Phi) is 2.08. The van der Waals surface area contributed by atoms with E-state index in [9.17, 15) is 9.59 Å². The molecule has 0 bridgehead atoms. The maximum Gasteiger partial charge on any atom is 0.322 e. The Labute approximate surface area is 71.7 Å². The van der Waals surface area contributed by atoms with Crippen LogP contribution in [0.5, 0.6) is 0 Å². The van der Waals surface area contributed by atoms with E-state index in [0.29, 0.717) is 6.42 Å². The lowest BCUT2D eigenvalue weighted by Gasteiger charge is -2.20. The summed E-state index contributed by atoms with van der Waals surface area (Å²) in [6, 6.07) is -0.730. The Morgan fingerprint density at radius 3 is 2.25 bits per heavy atom. The van der Waals surface area contributed by atoms with Crippen molar-refractivity contribution in [1.29, 1.82) is 0 Å². The van der Waals surface area contributed by atoms with Crippen molar-refractivity contribution in [3.05, 3.63) is 0 Å². The van der Waals surface area contributed by atoms with E-state index in [1.54, 1.807) is 0 Å². The zero-order chi connectivity index (χ0) is 9.35. The minimum atomic E-state index is -0.380. The molecule has 1 aliphatic rings. The third-order valence-electron chi connectivity index (χ3n) is 1.68. The van der Waals surface area contributed by atoms with Gasteiger partial charge in [-0.2, -0.15) is 0 Å².